The lowest BCUT2D eigenvalue weighted by atomic mass is 10.0. The maximum Gasteiger partial charge on any atom is 0.0475 e. The first-order chi connectivity index (χ1) is 4.63. The molecule has 0 aromatic carbocycles. The van der Waals surface area contributed by atoms with Crippen molar-refractivity contribution in [3.05, 3.63) is 23.3 Å². The van der Waals surface area contributed by atoms with E-state index in [1.807, 2.05) is 6.92 Å². The quantitative estimate of drug-likeness (QED) is 0.436. The third-order valence-corrected chi connectivity index (χ3v) is 1.96. The zero-order valence-electron chi connectivity index (χ0n) is 7.00. The van der Waals surface area contributed by atoms with Crippen LogP contribution in [0.5, 0.6) is 0 Å². The van der Waals surface area contributed by atoms with Gasteiger partial charge in [-0.2, -0.15) is 0 Å². The van der Waals surface area contributed by atoms with Crippen molar-refractivity contribution in [2.24, 2.45) is 0 Å². The summed E-state index contributed by atoms with van der Waals surface area (Å²) in [6.45, 7) is 10.1. The van der Waals surface area contributed by atoms with E-state index in [0.29, 0.717) is 5.88 Å². The van der Waals surface area contributed by atoms with E-state index in [9.17, 15) is 0 Å². The highest BCUT2D eigenvalue weighted by Gasteiger charge is 1.99. The minimum absolute atomic E-state index is 0.592. The second-order valence-electron chi connectivity index (χ2n) is 2.53. The summed E-state index contributed by atoms with van der Waals surface area (Å²) < 4.78 is 0. The predicted octanol–water partition coefficient (Wildman–Crippen LogP) is 3.53. The molecule has 1 heteroatoms. The highest BCUT2D eigenvalue weighted by Crippen LogP contribution is 2.16. The third-order valence-electron chi connectivity index (χ3n) is 1.69. The zero-order chi connectivity index (χ0) is 8.15. The molecule has 0 aromatic heterocycles. The molecule has 10 heavy (non-hydrogen) atoms. The summed E-state index contributed by atoms with van der Waals surface area (Å²) in [5.74, 6) is 0.592. The van der Waals surface area contributed by atoms with Crippen LogP contribution in [-0.2, 0) is 0 Å². The van der Waals surface area contributed by atoms with Crippen LogP contribution in [0.25, 0.3) is 0 Å². The van der Waals surface area contributed by atoms with Crippen LogP contribution < -0.4 is 0 Å². The van der Waals surface area contributed by atoms with E-state index in [4.69, 9.17) is 11.6 Å². The standard InChI is InChI=1S/C9H15Cl/c1-5-8(4)9(6-10)7(2)3/h2,5-6H2,1,3-4H3/b9-8-. The summed E-state index contributed by atoms with van der Waals surface area (Å²) >= 11 is 5.72. The molecule has 0 radical (unpaired) electrons. The molecule has 0 aliphatic heterocycles. The number of hydrogen-bond donors (Lipinski definition) is 0. The second-order valence-corrected chi connectivity index (χ2v) is 2.79. The van der Waals surface area contributed by atoms with Crippen LogP contribution in [0.1, 0.15) is 27.2 Å². The summed E-state index contributed by atoms with van der Waals surface area (Å²) in [7, 11) is 0. The zero-order valence-corrected chi connectivity index (χ0v) is 7.76. The van der Waals surface area contributed by atoms with Crippen LogP contribution in [-0.4, -0.2) is 5.88 Å². The van der Waals surface area contributed by atoms with E-state index in [2.05, 4.69) is 20.4 Å². The van der Waals surface area contributed by atoms with Gasteiger partial charge in [-0.25, -0.2) is 0 Å². The Morgan fingerprint density at radius 3 is 2.00 bits per heavy atom. The number of halogens is 1. The Balaban J connectivity index is 4.45. The maximum atomic E-state index is 5.72. The molecule has 0 N–H and O–H groups in total. The van der Waals surface area contributed by atoms with Gasteiger partial charge in [-0.15, -0.1) is 11.6 Å². The van der Waals surface area contributed by atoms with Crippen molar-refractivity contribution in [2.45, 2.75) is 27.2 Å². The minimum Gasteiger partial charge on any atom is -0.122 e. The van der Waals surface area contributed by atoms with Crippen molar-refractivity contribution in [3.8, 4) is 0 Å². The lowest BCUT2D eigenvalue weighted by Crippen LogP contribution is -1.90. The van der Waals surface area contributed by atoms with E-state index < -0.39 is 0 Å². The van der Waals surface area contributed by atoms with Gasteiger partial charge in [0.25, 0.3) is 0 Å². The molecule has 0 amide bonds. The van der Waals surface area contributed by atoms with Crippen LogP contribution >= 0.6 is 11.6 Å². The lowest BCUT2D eigenvalue weighted by Gasteiger charge is -2.06. The Labute approximate surface area is 68.6 Å². The van der Waals surface area contributed by atoms with E-state index in [1.54, 1.807) is 0 Å². The molecule has 0 aliphatic rings. The minimum atomic E-state index is 0.592. The van der Waals surface area contributed by atoms with Crippen LogP contribution in [0.2, 0.25) is 0 Å². The average molecular weight is 159 g/mol. The van der Waals surface area contributed by atoms with Crippen LogP contribution in [0.4, 0.5) is 0 Å². The molecule has 0 fully saturated rings. The van der Waals surface area contributed by atoms with Gasteiger partial charge in [0.1, 0.15) is 0 Å². The van der Waals surface area contributed by atoms with Gasteiger partial charge >= 0.3 is 0 Å². The first kappa shape index (κ1) is 9.77. The fourth-order valence-corrected chi connectivity index (χ4v) is 1.26. The van der Waals surface area contributed by atoms with Crippen molar-refractivity contribution in [3.63, 3.8) is 0 Å². The van der Waals surface area contributed by atoms with Gasteiger partial charge in [0.2, 0.25) is 0 Å². The molecule has 58 valence electrons. The summed E-state index contributed by atoms with van der Waals surface area (Å²) in [4.78, 5) is 0. The number of hydrogen-bond acceptors (Lipinski definition) is 0. The predicted molar refractivity (Wildman–Crippen MR) is 48.5 cm³/mol. The third kappa shape index (κ3) is 2.57. The molecule has 0 heterocycles. The van der Waals surface area contributed by atoms with Crippen LogP contribution in [0, 0.1) is 0 Å². The normalized spacial score (nSPS) is 12.8. The van der Waals surface area contributed by atoms with Crippen molar-refractivity contribution >= 4 is 11.6 Å². The van der Waals surface area contributed by atoms with Gasteiger partial charge in [0.05, 0.1) is 0 Å². The Kier molecular flexibility index (Phi) is 4.46. The summed E-state index contributed by atoms with van der Waals surface area (Å²) in [6, 6.07) is 0. The number of alkyl halides is 1. The molecule has 0 aromatic rings. The number of rotatable bonds is 3. The van der Waals surface area contributed by atoms with Gasteiger partial charge in [0.15, 0.2) is 0 Å². The van der Waals surface area contributed by atoms with E-state index in [-0.39, 0.29) is 0 Å². The smallest absolute Gasteiger partial charge is 0.0475 e. The van der Waals surface area contributed by atoms with Crippen molar-refractivity contribution in [1.82, 2.24) is 0 Å². The monoisotopic (exact) mass is 158 g/mol. The second kappa shape index (κ2) is 4.56. The van der Waals surface area contributed by atoms with Crippen molar-refractivity contribution in [1.29, 1.82) is 0 Å². The van der Waals surface area contributed by atoms with Gasteiger partial charge < -0.3 is 0 Å². The Morgan fingerprint density at radius 1 is 1.40 bits per heavy atom. The molecular formula is C9H15Cl. The topological polar surface area (TPSA) is 0 Å². The Morgan fingerprint density at radius 2 is 1.90 bits per heavy atom. The maximum absolute atomic E-state index is 5.72. The average Bonchev–Trinajstić information content (AvgIpc) is 1.88. The Hall–Kier alpha value is -0.230. The van der Waals surface area contributed by atoms with E-state index in [0.717, 1.165) is 12.0 Å². The number of allylic oxidation sites excluding steroid dienone is 3. The molecule has 0 unspecified atom stereocenters. The first-order valence-electron chi connectivity index (χ1n) is 3.54. The summed E-state index contributed by atoms with van der Waals surface area (Å²) in [6.07, 6.45) is 1.06. The van der Waals surface area contributed by atoms with Gasteiger partial charge in [-0.3, -0.25) is 0 Å². The van der Waals surface area contributed by atoms with Crippen LogP contribution in [0.3, 0.4) is 0 Å². The highest BCUT2D eigenvalue weighted by molar-refractivity contribution is 6.19. The molecule has 0 saturated heterocycles. The van der Waals surface area contributed by atoms with Crippen molar-refractivity contribution in [2.75, 3.05) is 5.88 Å². The largest absolute Gasteiger partial charge is 0.122 e. The molecule has 0 nitrogen and oxygen atoms in total. The molecule has 0 bridgehead atoms. The molecule has 0 aliphatic carbocycles. The van der Waals surface area contributed by atoms with Gasteiger partial charge in [0, 0.05) is 5.88 Å². The van der Waals surface area contributed by atoms with E-state index >= 15 is 0 Å². The molecule has 0 atom stereocenters. The SMILES string of the molecule is C=C(C)/C(CCl)=C(/C)CC. The van der Waals surface area contributed by atoms with Gasteiger partial charge in [-0.1, -0.05) is 24.6 Å². The van der Waals surface area contributed by atoms with Crippen LogP contribution in [0.15, 0.2) is 23.3 Å². The molecule has 0 spiro atoms. The highest BCUT2D eigenvalue weighted by atomic mass is 35.5. The molecular weight excluding hydrogens is 144 g/mol. The lowest BCUT2D eigenvalue weighted by molar-refractivity contribution is 1.06. The molecule has 0 saturated carbocycles. The summed E-state index contributed by atoms with van der Waals surface area (Å²) in [5.41, 5.74) is 3.65. The fourth-order valence-electron chi connectivity index (χ4n) is 0.806. The van der Waals surface area contributed by atoms with E-state index in [1.165, 1.54) is 11.1 Å². The fraction of sp³-hybridized carbons (Fsp3) is 0.556. The summed E-state index contributed by atoms with van der Waals surface area (Å²) in [5, 5.41) is 0. The Bertz CT molecular complexity index is 154. The van der Waals surface area contributed by atoms with Crippen molar-refractivity contribution < 1.29 is 0 Å². The first-order valence-corrected chi connectivity index (χ1v) is 4.07. The molecule has 0 rings (SSSR count). The van der Waals surface area contributed by atoms with Gasteiger partial charge in [-0.05, 0) is 25.8 Å².